The maximum Gasteiger partial charge on any atom is 0.318 e. The summed E-state index contributed by atoms with van der Waals surface area (Å²) in [6.45, 7) is -0.0608. The van der Waals surface area contributed by atoms with Gasteiger partial charge < -0.3 is 15.8 Å². The van der Waals surface area contributed by atoms with E-state index in [1.165, 1.54) is 0 Å². The third-order valence-electron chi connectivity index (χ3n) is 1.88. The lowest BCUT2D eigenvalue weighted by atomic mass is 10.3. The molecule has 7 heteroatoms. The van der Waals surface area contributed by atoms with Gasteiger partial charge in [-0.2, -0.15) is 0 Å². The number of carbonyl (C=O) groups excluding carboxylic acids is 2. The van der Waals surface area contributed by atoms with E-state index in [1.54, 1.807) is 25.3 Å². The first-order valence-electron chi connectivity index (χ1n) is 4.69. The number of ether oxygens (including phenoxy) is 1. The van der Waals surface area contributed by atoms with Crippen LogP contribution in [0.5, 0.6) is 5.75 Å². The standard InChI is InChI=1S/C10H12BrN3O3/c1-17-6-2-3-7(11)8(4-6)13-5-9(15)14-10(12)16/h2-4,13H,5H2,1H3,(H3,12,14,15,16). The highest BCUT2D eigenvalue weighted by atomic mass is 79.9. The second-order valence-corrected chi connectivity index (χ2v) is 3.97. The van der Waals surface area contributed by atoms with Crippen LogP contribution in [0.15, 0.2) is 22.7 Å². The van der Waals surface area contributed by atoms with E-state index in [2.05, 4.69) is 21.2 Å². The number of nitrogens with one attached hydrogen (secondary N) is 2. The number of amides is 3. The SMILES string of the molecule is COc1ccc(Br)c(NCC(=O)NC(N)=O)c1. The summed E-state index contributed by atoms with van der Waals surface area (Å²) in [5.74, 6) is 0.151. The number of urea groups is 1. The molecule has 6 nitrogen and oxygen atoms in total. The predicted octanol–water partition coefficient (Wildman–Crippen LogP) is 1.06. The average Bonchev–Trinajstić information content (AvgIpc) is 2.27. The van der Waals surface area contributed by atoms with Crippen LogP contribution in [0.25, 0.3) is 0 Å². The van der Waals surface area contributed by atoms with E-state index in [4.69, 9.17) is 10.5 Å². The van der Waals surface area contributed by atoms with Crippen LogP contribution < -0.4 is 21.1 Å². The van der Waals surface area contributed by atoms with Crippen molar-refractivity contribution in [2.24, 2.45) is 5.73 Å². The number of methoxy groups -OCH3 is 1. The molecule has 0 aliphatic rings. The van der Waals surface area contributed by atoms with Crippen molar-refractivity contribution in [3.63, 3.8) is 0 Å². The Kier molecular flexibility index (Phi) is 4.77. The fourth-order valence-corrected chi connectivity index (χ4v) is 1.51. The van der Waals surface area contributed by atoms with Crippen LogP contribution in [0.4, 0.5) is 10.5 Å². The van der Waals surface area contributed by atoms with Crippen molar-refractivity contribution in [1.29, 1.82) is 0 Å². The molecule has 1 aromatic carbocycles. The third-order valence-corrected chi connectivity index (χ3v) is 2.57. The van der Waals surface area contributed by atoms with Gasteiger partial charge in [-0.3, -0.25) is 10.1 Å². The minimum Gasteiger partial charge on any atom is -0.497 e. The molecule has 0 spiro atoms. The Labute approximate surface area is 107 Å². The number of hydrogen-bond acceptors (Lipinski definition) is 4. The fourth-order valence-electron chi connectivity index (χ4n) is 1.12. The number of rotatable bonds is 4. The molecule has 0 fully saturated rings. The number of hydrogen-bond donors (Lipinski definition) is 3. The fraction of sp³-hybridized carbons (Fsp3) is 0.200. The zero-order valence-electron chi connectivity index (χ0n) is 9.12. The lowest BCUT2D eigenvalue weighted by Crippen LogP contribution is -2.38. The van der Waals surface area contributed by atoms with E-state index >= 15 is 0 Å². The summed E-state index contributed by atoms with van der Waals surface area (Å²) < 4.78 is 5.83. The van der Waals surface area contributed by atoms with E-state index in [0.29, 0.717) is 11.4 Å². The lowest BCUT2D eigenvalue weighted by molar-refractivity contribution is -0.118. The van der Waals surface area contributed by atoms with Gasteiger partial charge in [0.05, 0.1) is 19.3 Å². The molecule has 0 radical (unpaired) electrons. The number of benzene rings is 1. The summed E-state index contributed by atoms with van der Waals surface area (Å²) in [5, 5.41) is 4.80. The van der Waals surface area contributed by atoms with Crippen LogP contribution in [0.3, 0.4) is 0 Å². The van der Waals surface area contributed by atoms with Crippen molar-refractivity contribution in [3.8, 4) is 5.75 Å². The summed E-state index contributed by atoms with van der Waals surface area (Å²) >= 11 is 3.32. The predicted molar refractivity (Wildman–Crippen MR) is 66.9 cm³/mol. The van der Waals surface area contributed by atoms with Crippen LogP contribution >= 0.6 is 15.9 Å². The van der Waals surface area contributed by atoms with Gasteiger partial charge in [-0.1, -0.05) is 0 Å². The smallest absolute Gasteiger partial charge is 0.318 e. The summed E-state index contributed by atoms with van der Waals surface area (Å²) in [6, 6.07) is 4.41. The Balaban J connectivity index is 2.62. The van der Waals surface area contributed by atoms with E-state index in [0.717, 1.165) is 4.47 Å². The van der Waals surface area contributed by atoms with E-state index < -0.39 is 11.9 Å². The Morgan fingerprint density at radius 1 is 1.47 bits per heavy atom. The Bertz CT molecular complexity index is 437. The molecule has 0 unspecified atom stereocenters. The molecule has 4 N–H and O–H groups in total. The molecule has 1 aromatic rings. The molecule has 0 aliphatic carbocycles. The number of anilines is 1. The third kappa shape index (κ3) is 4.31. The van der Waals surface area contributed by atoms with Gasteiger partial charge in [-0.05, 0) is 28.1 Å². The van der Waals surface area contributed by atoms with Crippen molar-refractivity contribution < 1.29 is 14.3 Å². The van der Waals surface area contributed by atoms with Crippen molar-refractivity contribution in [2.75, 3.05) is 19.0 Å². The zero-order chi connectivity index (χ0) is 12.8. The van der Waals surface area contributed by atoms with Crippen LogP contribution in [0, 0.1) is 0 Å². The van der Waals surface area contributed by atoms with Gasteiger partial charge in [0.15, 0.2) is 0 Å². The minimum absolute atomic E-state index is 0.0608. The molecule has 0 saturated heterocycles. The molecule has 92 valence electrons. The van der Waals surface area contributed by atoms with Crippen LogP contribution in [0.1, 0.15) is 0 Å². The zero-order valence-corrected chi connectivity index (χ0v) is 10.7. The second-order valence-electron chi connectivity index (χ2n) is 3.11. The summed E-state index contributed by atoms with van der Waals surface area (Å²) in [4.78, 5) is 21.6. The van der Waals surface area contributed by atoms with Crippen molar-refractivity contribution in [1.82, 2.24) is 5.32 Å². The van der Waals surface area contributed by atoms with Gasteiger partial charge in [0, 0.05) is 10.5 Å². The Morgan fingerprint density at radius 3 is 2.76 bits per heavy atom. The van der Waals surface area contributed by atoms with Gasteiger partial charge in [0.1, 0.15) is 5.75 Å². The largest absolute Gasteiger partial charge is 0.497 e. The van der Waals surface area contributed by atoms with Crippen LogP contribution in [-0.2, 0) is 4.79 Å². The molecule has 0 bridgehead atoms. The Hall–Kier alpha value is -1.76. The number of primary amides is 1. The monoisotopic (exact) mass is 301 g/mol. The first kappa shape index (κ1) is 13.3. The first-order valence-corrected chi connectivity index (χ1v) is 5.49. The summed E-state index contributed by atoms with van der Waals surface area (Å²) in [5.41, 5.74) is 5.49. The van der Waals surface area contributed by atoms with Crippen molar-refractivity contribution in [2.45, 2.75) is 0 Å². The quantitative estimate of drug-likeness (QED) is 0.775. The number of nitrogens with two attached hydrogens (primary N) is 1. The molecule has 1 rings (SSSR count). The second kappa shape index (κ2) is 6.09. The average molecular weight is 302 g/mol. The van der Waals surface area contributed by atoms with Gasteiger partial charge in [0.25, 0.3) is 0 Å². The van der Waals surface area contributed by atoms with Crippen LogP contribution in [-0.4, -0.2) is 25.6 Å². The highest BCUT2D eigenvalue weighted by Crippen LogP contribution is 2.26. The van der Waals surface area contributed by atoms with Crippen molar-refractivity contribution >= 4 is 33.6 Å². The molecule has 17 heavy (non-hydrogen) atoms. The van der Waals surface area contributed by atoms with Gasteiger partial charge in [0.2, 0.25) is 5.91 Å². The van der Waals surface area contributed by atoms with E-state index in [1.807, 2.05) is 5.32 Å². The molecular weight excluding hydrogens is 290 g/mol. The summed E-state index contributed by atoms with van der Waals surface area (Å²) in [6.07, 6.45) is 0. The van der Waals surface area contributed by atoms with Gasteiger partial charge in [-0.15, -0.1) is 0 Å². The topological polar surface area (TPSA) is 93.4 Å². The highest BCUT2D eigenvalue weighted by molar-refractivity contribution is 9.10. The number of halogens is 1. The number of imide groups is 1. The van der Waals surface area contributed by atoms with Crippen molar-refractivity contribution in [3.05, 3.63) is 22.7 Å². The first-order chi connectivity index (χ1) is 8.02. The van der Waals surface area contributed by atoms with E-state index in [9.17, 15) is 9.59 Å². The molecule has 0 saturated carbocycles. The minimum atomic E-state index is -0.874. The van der Waals surface area contributed by atoms with Crippen LogP contribution in [0.2, 0.25) is 0 Å². The molecule has 0 atom stereocenters. The molecule has 0 aromatic heterocycles. The lowest BCUT2D eigenvalue weighted by Gasteiger charge is -2.09. The molecular formula is C10H12BrN3O3. The molecule has 3 amide bonds. The maximum absolute atomic E-state index is 11.2. The maximum atomic E-state index is 11.2. The molecule has 0 aliphatic heterocycles. The van der Waals surface area contributed by atoms with E-state index in [-0.39, 0.29) is 6.54 Å². The normalized spacial score (nSPS) is 9.53. The van der Waals surface area contributed by atoms with Gasteiger partial charge in [-0.25, -0.2) is 4.79 Å². The molecule has 0 heterocycles. The summed E-state index contributed by atoms with van der Waals surface area (Å²) in [7, 11) is 1.55. The van der Waals surface area contributed by atoms with Gasteiger partial charge >= 0.3 is 6.03 Å². The highest BCUT2D eigenvalue weighted by Gasteiger charge is 2.06. The Morgan fingerprint density at radius 2 is 2.18 bits per heavy atom. The number of carbonyl (C=O) groups is 2.